The van der Waals surface area contributed by atoms with E-state index < -0.39 is 5.91 Å². The molecule has 2 aromatic rings. The third-order valence-corrected chi connectivity index (χ3v) is 4.75. The zero-order chi connectivity index (χ0) is 17.4. The van der Waals surface area contributed by atoms with Crippen molar-refractivity contribution in [1.29, 1.82) is 0 Å². The third-order valence-electron chi connectivity index (χ3n) is 4.75. The Labute approximate surface area is 158 Å². The van der Waals surface area contributed by atoms with Crippen molar-refractivity contribution in [3.05, 3.63) is 35.8 Å². The van der Waals surface area contributed by atoms with Crippen molar-refractivity contribution in [1.82, 2.24) is 20.3 Å². The van der Waals surface area contributed by atoms with Crippen LogP contribution >= 0.6 is 12.4 Å². The van der Waals surface area contributed by atoms with Gasteiger partial charge in [-0.15, -0.1) is 12.4 Å². The Hall–Kier alpha value is -2.45. The van der Waals surface area contributed by atoms with Crippen LogP contribution in [0.4, 0.5) is 17.5 Å². The van der Waals surface area contributed by atoms with Crippen LogP contribution in [0.15, 0.2) is 24.5 Å². The van der Waals surface area contributed by atoms with Crippen LogP contribution < -0.4 is 21.3 Å². The molecule has 4 N–H and O–H groups in total. The quantitative estimate of drug-likeness (QED) is 0.740. The van der Waals surface area contributed by atoms with E-state index in [2.05, 4.69) is 30.5 Å². The van der Waals surface area contributed by atoms with Gasteiger partial charge in [-0.3, -0.25) is 4.79 Å². The summed E-state index contributed by atoms with van der Waals surface area (Å²) in [6, 6.07) is 4.86. The summed E-state index contributed by atoms with van der Waals surface area (Å²) in [7, 11) is 0. The standard InChI is InChI=1S/C17H21N7O.ClH/c1-10-6-13(7-20-15(10)16(18)25)22-17-19-5-4-14(23-17)24-8-11-2-3-12(9-24)21-11;/h4-7,11-12,21H,2-3,8-9H2,1H3,(H2,18,25)(H,19,22,23);1H/t11-,12+;. The van der Waals surface area contributed by atoms with Gasteiger partial charge in [0.05, 0.1) is 11.9 Å². The van der Waals surface area contributed by atoms with Gasteiger partial charge >= 0.3 is 0 Å². The van der Waals surface area contributed by atoms with Crippen LogP contribution in [-0.4, -0.2) is 46.0 Å². The van der Waals surface area contributed by atoms with Gasteiger partial charge < -0.3 is 21.3 Å². The van der Waals surface area contributed by atoms with Crippen molar-refractivity contribution < 1.29 is 4.79 Å². The number of carbonyl (C=O) groups is 1. The summed E-state index contributed by atoms with van der Waals surface area (Å²) in [5.74, 6) is 0.904. The third kappa shape index (κ3) is 3.71. The molecule has 2 saturated heterocycles. The highest BCUT2D eigenvalue weighted by atomic mass is 35.5. The molecule has 1 amide bonds. The zero-order valence-corrected chi connectivity index (χ0v) is 15.3. The maximum atomic E-state index is 11.3. The molecule has 9 heteroatoms. The number of primary amides is 1. The van der Waals surface area contributed by atoms with Gasteiger partial charge in [0.25, 0.3) is 5.91 Å². The summed E-state index contributed by atoms with van der Waals surface area (Å²) in [6.07, 6.45) is 5.78. The van der Waals surface area contributed by atoms with Gasteiger partial charge in [-0.2, -0.15) is 4.98 Å². The van der Waals surface area contributed by atoms with Crippen LogP contribution in [0.3, 0.4) is 0 Å². The number of pyridine rings is 1. The molecule has 2 fully saturated rings. The maximum Gasteiger partial charge on any atom is 0.267 e. The number of piperazine rings is 1. The lowest BCUT2D eigenvalue weighted by Crippen LogP contribution is -2.51. The Kier molecular flexibility index (Phi) is 5.24. The highest BCUT2D eigenvalue weighted by Gasteiger charge is 2.32. The number of anilines is 3. The van der Waals surface area contributed by atoms with Crippen molar-refractivity contribution in [2.24, 2.45) is 5.73 Å². The lowest BCUT2D eigenvalue weighted by molar-refractivity contribution is 0.0995. The SMILES string of the molecule is Cc1cc(Nc2nccc(N3C[C@H]4CC[C@@H](C3)N4)n2)cnc1C(N)=O.Cl. The van der Waals surface area contributed by atoms with E-state index in [-0.39, 0.29) is 18.1 Å². The van der Waals surface area contributed by atoms with E-state index in [4.69, 9.17) is 5.73 Å². The minimum atomic E-state index is -0.532. The first-order valence-corrected chi connectivity index (χ1v) is 8.46. The second-order valence-electron chi connectivity index (χ2n) is 6.66. The van der Waals surface area contributed by atoms with E-state index in [9.17, 15) is 4.79 Å². The van der Waals surface area contributed by atoms with Crippen LogP contribution in [0.25, 0.3) is 0 Å². The summed E-state index contributed by atoms with van der Waals surface area (Å²) in [4.78, 5) is 26.6. The number of amides is 1. The van der Waals surface area contributed by atoms with E-state index in [1.165, 1.54) is 12.8 Å². The van der Waals surface area contributed by atoms with Gasteiger partial charge in [0.1, 0.15) is 11.5 Å². The molecule has 0 aliphatic carbocycles. The fourth-order valence-electron chi connectivity index (χ4n) is 3.60. The fourth-order valence-corrected chi connectivity index (χ4v) is 3.60. The largest absolute Gasteiger partial charge is 0.364 e. The van der Waals surface area contributed by atoms with Gasteiger partial charge in [-0.25, -0.2) is 9.97 Å². The van der Waals surface area contributed by atoms with Crippen molar-refractivity contribution in [2.45, 2.75) is 31.8 Å². The van der Waals surface area contributed by atoms with Crippen molar-refractivity contribution in [3.8, 4) is 0 Å². The molecule has 4 rings (SSSR count). The molecular weight excluding hydrogens is 354 g/mol. The first kappa shape index (κ1) is 18.3. The van der Waals surface area contributed by atoms with Gasteiger partial charge in [-0.05, 0) is 37.5 Å². The fraction of sp³-hybridized carbons (Fsp3) is 0.412. The topological polar surface area (TPSA) is 109 Å². The summed E-state index contributed by atoms with van der Waals surface area (Å²) in [6.45, 7) is 3.74. The predicted octanol–water partition coefficient (Wildman–Crippen LogP) is 1.38. The van der Waals surface area contributed by atoms with Crippen molar-refractivity contribution in [2.75, 3.05) is 23.3 Å². The number of carbonyl (C=O) groups excluding carboxylic acids is 1. The van der Waals surface area contributed by atoms with Crippen LogP contribution in [0.5, 0.6) is 0 Å². The first-order valence-electron chi connectivity index (χ1n) is 8.46. The lowest BCUT2D eigenvalue weighted by atomic mass is 10.2. The summed E-state index contributed by atoms with van der Waals surface area (Å²) >= 11 is 0. The number of hydrogen-bond donors (Lipinski definition) is 3. The number of nitrogens with two attached hydrogens (primary N) is 1. The van der Waals surface area contributed by atoms with Gasteiger partial charge in [0.2, 0.25) is 5.95 Å². The number of rotatable bonds is 4. The molecule has 8 nitrogen and oxygen atoms in total. The minimum Gasteiger partial charge on any atom is -0.364 e. The molecule has 0 saturated carbocycles. The number of aromatic nitrogens is 3. The predicted molar refractivity (Wildman–Crippen MR) is 102 cm³/mol. The Balaban J connectivity index is 0.00000196. The molecule has 2 bridgehead atoms. The van der Waals surface area contributed by atoms with E-state index >= 15 is 0 Å². The molecule has 138 valence electrons. The van der Waals surface area contributed by atoms with E-state index in [0.29, 0.717) is 23.6 Å². The minimum absolute atomic E-state index is 0. The Morgan fingerprint density at radius 3 is 2.69 bits per heavy atom. The van der Waals surface area contributed by atoms with Gasteiger partial charge in [0, 0.05) is 31.4 Å². The van der Waals surface area contributed by atoms with E-state index in [0.717, 1.165) is 24.6 Å². The Morgan fingerprint density at radius 1 is 1.31 bits per heavy atom. The highest BCUT2D eigenvalue weighted by molar-refractivity contribution is 5.92. The highest BCUT2D eigenvalue weighted by Crippen LogP contribution is 2.25. The number of aryl methyl sites for hydroxylation is 1. The first-order chi connectivity index (χ1) is 12.1. The lowest BCUT2D eigenvalue weighted by Gasteiger charge is -2.33. The molecular formula is C17H22ClN7O. The molecule has 2 aliphatic rings. The van der Waals surface area contributed by atoms with Gasteiger partial charge in [0.15, 0.2) is 0 Å². The molecule has 0 unspecified atom stereocenters. The Morgan fingerprint density at radius 2 is 2.04 bits per heavy atom. The second-order valence-corrected chi connectivity index (χ2v) is 6.66. The molecule has 2 atom stereocenters. The molecule has 2 aromatic heterocycles. The number of halogens is 1. The van der Waals surface area contributed by atoms with Crippen LogP contribution in [0.2, 0.25) is 0 Å². The summed E-state index contributed by atoms with van der Waals surface area (Å²) < 4.78 is 0. The maximum absolute atomic E-state index is 11.3. The van der Waals surface area contributed by atoms with E-state index in [1.54, 1.807) is 19.3 Å². The Bertz CT molecular complexity index is 803. The van der Waals surface area contributed by atoms with Gasteiger partial charge in [-0.1, -0.05) is 0 Å². The monoisotopic (exact) mass is 375 g/mol. The van der Waals surface area contributed by atoms with E-state index in [1.807, 2.05) is 12.1 Å². The average Bonchev–Trinajstić information content (AvgIpc) is 2.93. The molecule has 4 heterocycles. The normalized spacial score (nSPS) is 21.2. The number of nitrogens with zero attached hydrogens (tertiary/aromatic N) is 4. The number of hydrogen-bond acceptors (Lipinski definition) is 7. The zero-order valence-electron chi connectivity index (χ0n) is 14.5. The smallest absolute Gasteiger partial charge is 0.267 e. The molecule has 26 heavy (non-hydrogen) atoms. The van der Waals surface area contributed by atoms with Crippen LogP contribution in [0, 0.1) is 6.92 Å². The number of nitrogens with one attached hydrogen (secondary N) is 2. The van der Waals surface area contributed by atoms with Crippen molar-refractivity contribution in [3.63, 3.8) is 0 Å². The molecule has 0 aromatic carbocycles. The van der Waals surface area contributed by atoms with Crippen LogP contribution in [-0.2, 0) is 0 Å². The molecule has 0 radical (unpaired) electrons. The molecule has 2 aliphatic heterocycles. The van der Waals surface area contributed by atoms with Crippen LogP contribution in [0.1, 0.15) is 28.9 Å². The average molecular weight is 376 g/mol. The summed E-state index contributed by atoms with van der Waals surface area (Å²) in [5.41, 5.74) is 7.00. The second kappa shape index (κ2) is 7.43. The molecule has 0 spiro atoms. The summed E-state index contributed by atoms with van der Waals surface area (Å²) in [5, 5.41) is 6.77. The number of fused-ring (bicyclic) bond motifs is 2. The van der Waals surface area contributed by atoms with Crippen molar-refractivity contribution >= 4 is 35.8 Å².